The molecule has 0 saturated heterocycles. The SMILES string of the molecule is O=S(=O)(c1csc(CO)c1)N1Cc2ccccc2C1. The van der Waals surface area contributed by atoms with Crippen molar-refractivity contribution in [3.63, 3.8) is 0 Å². The molecule has 0 bridgehead atoms. The molecule has 100 valence electrons. The van der Waals surface area contributed by atoms with E-state index in [9.17, 15) is 8.42 Å². The smallest absolute Gasteiger partial charge is 0.244 e. The predicted octanol–water partition coefficient (Wildman–Crippen LogP) is 1.94. The van der Waals surface area contributed by atoms with Crippen LogP contribution in [0.1, 0.15) is 16.0 Å². The molecule has 4 nitrogen and oxygen atoms in total. The summed E-state index contributed by atoms with van der Waals surface area (Å²) in [6, 6.07) is 9.30. The second-order valence-electron chi connectivity index (χ2n) is 4.45. The monoisotopic (exact) mass is 295 g/mol. The molecule has 0 fully saturated rings. The fourth-order valence-electron chi connectivity index (χ4n) is 2.20. The number of benzene rings is 1. The van der Waals surface area contributed by atoms with Gasteiger partial charge in [0, 0.05) is 23.3 Å². The summed E-state index contributed by atoms with van der Waals surface area (Å²) < 4.78 is 26.4. The Labute approximate surface area is 116 Å². The number of nitrogens with zero attached hydrogens (tertiary/aromatic N) is 1. The average molecular weight is 295 g/mol. The summed E-state index contributed by atoms with van der Waals surface area (Å²) in [7, 11) is -3.46. The third kappa shape index (κ3) is 2.21. The molecule has 19 heavy (non-hydrogen) atoms. The van der Waals surface area contributed by atoms with Crippen molar-refractivity contribution < 1.29 is 13.5 Å². The van der Waals surface area contributed by atoms with Gasteiger partial charge in [-0.1, -0.05) is 24.3 Å². The number of thiophene rings is 1. The number of aliphatic hydroxyl groups excluding tert-OH is 1. The van der Waals surface area contributed by atoms with E-state index in [1.54, 1.807) is 11.4 Å². The molecular weight excluding hydrogens is 282 g/mol. The fourth-order valence-corrected chi connectivity index (χ4v) is 4.72. The molecule has 0 aliphatic carbocycles. The summed E-state index contributed by atoms with van der Waals surface area (Å²) >= 11 is 1.26. The quantitative estimate of drug-likeness (QED) is 0.941. The van der Waals surface area contributed by atoms with Crippen LogP contribution in [0.25, 0.3) is 0 Å². The molecular formula is C13H13NO3S2. The van der Waals surface area contributed by atoms with Crippen molar-refractivity contribution in [3.05, 3.63) is 51.7 Å². The van der Waals surface area contributed by atoms with Crippen molar-refractivity contribution in [3.8, 4) is 0 Å². The Bertz CT molecular complexity index is 681. The zero-order valence-electron chi connectivity index (χ0n) is 10.1. The van der Waals surface area contributed by atoms with E-state index in [2.05, 4.69) is 0 Å². The highest BCUT2D eigenvalue weighted by atomic mass is 32.2. The van der Waals surface area contributed by atoms with Gasteiger partial charge in [0.05, 0.1) is 11.5 Å². The summed E-state index contributed by atoms with van der Waals surface area (Å²) in [5, 5.41) is 10.6. The number of hydrogen-bond donors (Lipinski definition) is 1. The second-order valence-corrected chi connectivity index (χ2v) is 7.38. The maximum absolute atomic E-state index is 12.5. The summed E-state index contributed by atoms with van der Waals surface area (Å²) in [5.74, 6) is 0. The van der Waals surface area contributed by atoms with E-state index in [0.717, 1.165) is 11.1 Å². The van der Waals surface area contributed by atoms with Crippen LogP contribution in [0, 0.1) is 0 Å². The molecule has 0 radical (unpaired) electrons. The Morgan fingerprint density at radius 3 is 2.37 bits per heavy atom. The van der Waals surface area contributed by atoms with E-state index in [-0.39, 0.29) is 11.5 Å². The normalized spacial score (nSPS) is 15.6. The standard InChI is InChI=1S/C13H13NO3S2/c15-8-12-5-13(9-18-12)19(16,17)14-6-10-3-1-2-4-11(10)7-14/h1-5,9,15H,6-8H2. The van der Waals surface area contributed by atoms with Gasteiger partial charge < -0.3 is 5.11 Å². The van der Waals surface area contributed by atoms with Gasteiger partial charge in [0.1, 0.15) is 0 Å². The lowest BCUT2D eigenvalue weighted by Gasteiger charge is -2.14. The summed E-state index contributed by atoms with van der Waals surface area (Å²) in [5.41, 5.74) is 2.12. The molecule has 0 saturated carbocycles. The highest BCUT2D eigenvalue weighted by Crippen LogP contribution is 2.30. The van der Waals surface area contributed by atoms with Crippen LogP contribution in [0.4, 0.5) is 0 Å². The highest BCUT2D eigenvalue weighted by molar-refractivity contribution is 7.89. The number of hydrogen-bond acceptors (Lipinski definition) is 4. The average Bonchev–Trinajstić information content (AvgIpc) is 3.05. The van der Waals surface area contributed by atoms with Crippen molar-refractivity contribution in [2.75, 3.05) is 0 Å². The van der Waals surface area contributed by atoms with Gasteiger partial charge in [-0.3, -0.25) is 0 Å². The largest absolute Gasteiger partial charge is 0.391 e. The Kier molecular flexibility index (Phi) is 3.18. The molecule has 3 rings (SSSR count). The minimum Gasteiger partial charge on any atom is -0.391 e. The van der Waals surface area contributed by atoms with E-state index in [0.29, 0.717) is 18.0 Å². The van der Waals surface area contributed by atoms with Crippen LogP contribution in [0.5, 0.6) is 0 Å². The Hall–Kier alpha value is -1.21. The summed E-state index contributed by atoms with van der Waals surface area (Å²) in [6.45, 7) is 0.714. The molecule has 1 aromatic heterocycles. The Balaban J connectivity index is 1.91. The van der Waals surface area contributed by atoms with E-state index in [1.807, 2.05) is 24.3 Å². The molecule has 2 aromatic rings. The molecule has 2 heterocycles. The molecule has 0 atom stereocenters. The molecule has 0 spiro atoms. The Morgan fingerprint density at radius 1 is 1.21 bits per heavy atom. The lowest BCUT2D eigenvalue weighted by molar-refractivity contribution is 0.285. The number of rotatable bonds is 3. The van der Waals surface area contributed by atoms with E-state index < -0.39 is 10.0 Å². The van der Waals surface area contributed by atoms with Crippen molar-refractivity contribution in [2.24, 2.45) is 0 Å². The zero-order valence-corrected chi connectivity index (χ0v) is 11.7. The fraction of sp³-hybridized carbons (Fsp3) is 0.231. The first-order chi connectivity index (χ1) is 9.11. The first kappa shape index (κ1) is 12.8. The second kappa shape index (κ2) is 4.72. The van der Waals surface area contributed by atoms with Crippen LogP contribution in [0.3, 0.4) is 0 Å². The third-order valence-electron chi connectivity index (χ3n) is 3.24. The van der Waals surface area contributed by atoms with Gasteiger partial charge in [0.15, 0.2) is 0 Å². The minimum absolute atomic E-state index is 0.125. The molecule has 1 aliphatic heterocycles. The van der Waals surface area contributed by atoms with E-state index in [4.69, 9.17) is 5.11 Å². The number of fused-ring (bicyclic) bond motifs is 1. The molecule has 1 aromatic carbocycles. The van der Waals surface area contributed by atoms with Crippen LogP contribution in [-0.4, -0.2) is 17.8 Å². The van der Waals surface area contributed by atoms with E-state index >= 15 is 0 Å². The van der Waals surface area contributed by atoms with Gasteiger partial charge in [-0.25, -0.2) is 8.42 Å². The maximum Gasteiger partial charge on any atom is 0.244 e. The summed E-state index contributed by atoms with van der Waals surface area (Å²) in [6.07, 6.45) is 0. The van der Waals surface area contributed by atoms with Crippen LogP contribution >= 0.6 is 11.3 Å². The molecule has 0 amide bonds. The maximum atomic E-state index is 12.5. The van der Waals surface area contributed by atoms with Gasteiger partial charge in [0.2, 0.25) is 10.0 Å². The topological polar surface area (TPSA) is 57.6 Å². The third-order valence-corrected chi connectivity index (χ3v) is 6.08. The highest BCUT2D eigenvalue weighted by Gasteiger charge is 2.30. The van der Waals surface area contributed by atoms with Crippen LogP contribution in [0.15, 0.2) is 40.6 Å². The lowest BCUT2D eigenvalue weighted by atomic mass is 10.1. The molecule has 1 N–H and O–H groups in total. The minimum atomic E-state index is -3.46. The van der Waals surface area contributed by atoms with Crippen LogP contribution in [-0.2, 0) is 29.7 Å². The van der Waals surface area contributed by atoms with Crippen molar-refractivity contribution in [1.29, 1.82) is 0 Å². The number of sulfonamides is 1. The van der Waals surface area contributed by atoms with Crippen molar-refractivity contribution in [1.82, 2.24) is 4.31 Å². The molecule has 0 unspecified atom stereocenters. The van der Waals surface area contributed by atoms with Gasteiger partial charge in [0.25, 0.3) is 0 Å². The first-order valence-electron chi connectivity index (χ1n) is 5.86. The summed E-state index contributed by atoms with van der Waals surface area (Å²) in [4.78, 5) is 0.935. The lowest BCUT2D eigenvalue weighted by Crippen LogP contribution is -2.25. The number of aliphatic hydroxyl groups is 1. The van der Waals surface area contributed by atoms with Crippen LogP contribution < -0.4 is 0 Å². The predicted molar refractivity (Wildman–Crippen MR) is 73.1 cm³/mol. The van der Waals surface area contributed by atoms with Gasteiger partial charge in [-0.2, -0.15) is 4.31 Å². The van der Waals surface area contributed by atoms with E-state index in [1.165, 1.54) is 15.6 Å². The van der Waals surface area contributed by atoms with Crippen molar-refractivity contribution >= 4 is 21.4 Å². The first-order valence-corrected chi connectivity index (χ1v) is 8.18. The van der Waals surface area contributed by atoms with Gasteiger partial charge in [-0.05, 0) is 17.2 Å². The van der Waals surface area contributed by atoms with Gasteiger partial charge >= 0.3 is 0 Å². The van der Waals surface area contributed by atoms with Gasteiger partial charge in [-0.15, -0.1) is 11.3 Å². The molecule has 1 aliphatic rings. The van der Waals surface area contributed by atoms with Crippen LogP contribution in [0.2, 0.25) is 0 Å². The Morgan fingerprint density at radius 2 is 1.84 bits per heavy atom. The van der Waals surface area contributed by atoms with Crippen molar-refractivity contribution in [2.45, 2.75) is 24.6 Å². The molecule has 6 heteroatoms. The zero-order chi connectivity index (χ0) is 13.5.